The fraction of sp³-hybridized carbons (Fsp3) is 0.450. The van der Waals surface area contributed by atoms with E-state index in [9.17, 15) is 9.90 Å². The maximum absolute atomic E-state index is 13.2. The lowest BCUT2D eigenvalue weighted by molar-refractivity contribution is 0.0304. The first-order valence-electron chi connectivity index (χ1n) is 9.47. The summed E-state index contributed by atoms with van der Waals surface area (Å²) in [6.07, 6.45) is 6.19. The van der Waals surface area contributed by atoms with E-state index in [1.54, 1.807) is 11.0 Å². The quantitative estimate of drug-likeness (QED) is 0.752. The number of aryl methyl sites for hydroxylation is 1. The van der Waals surface area contributed by atoms with Gasteiger partial charge in [-0.3, -0.25) is 4.79 Å². The second-order valence-corrected chi connectivity index (χ2v) is 7.88. The van der Waals surface area contributed by atoms with Crippen LogP contribution in [0, 0.1) is 11.8 Å². The number of para-hydroxylation sites is 1. The van der Waals surface area contributed by atoms with E-state index in [2.05, 4.69) is 10.1 Å². The van der Waals surface area contributed by atoms with Gasteiger partial charge in [0.05, 0.1) is 17.7 Å². The van der Waals surface area contributed by atoms with Crippen molar-refractivity contribution in [3.8, 4) is 0 Å². The van der Waals surface area contributed by atoms with Gasteiger partial charge in [0, 0.05) is 37.2 Å². The molecule has 0 spiro atoms. The molecule has 2 fully saturated rings. The van der Waals surface area contributed by atoms with Gasteiger partial charge < -0.3 is 14.6 Å². The number of carbonyl (C=O) groups excluding carboxylic acids is 1. The summed E-state index contributed by atoms with van der Waals surface area (Å²) in [5.41, 5.74) is 1.83. The molecule has 0 radical (unpaired) electrons. The molecule has 1 aliphatic carbocycles. The Hall–Kier alpha value is -2.67. The second kappa shape index (κ2) is 6.20. The summed E-state index contributed by atoms with van der Waals surface area (Å²) in [6.45, 7) is 1.46. The molecule has 1 aliphatic heterocycles. The topological polar surface area (TPSA) is 76.2 Å². The molecule has 140 valence electrons. The number of aromatic nitrogens is 4. The fourth-order valence-electron chi connectivity index (χ4n) is 4.93. The lowest BCUT2D eigenvalue weighted by atomic mass is 9.77. The predicted octanol–water partition coefficient (Wildman–Crippen LogP) is 1.85. The van der Waals surface area contributed by atoms with Gasteiger partial charge in [-0.2, -0.15) is 5.10 Å². The molecule has 7 heteroatoms. The standard InChI is InChI=1S/C20H23N5O2/c1-23-10-16(15-4-2-3-5-17(15)23)20(27)24-8-13-6-18(25-12-21-11-22-25)19(26)7-14(13)9-24/h2-5,10-14,18-19,26H,6-9H2,1H3/t13-,14+,18-,19-/m1/s1. The average Bonchev–Trinajstić information content (AvgIpc) is 3.39. The Morgan fingerprint density at radius 2 is 1.96 bits per heavy atom. The molecule has 1 N–H and O–H groups in total. The molecular formula is C20H23N5O2. The highest BCUT2D eigenvalue weighted by Gasteiger charge is 2.44. The van der Waals surface area contributed by atoms with Crippen molar-refractivity contribution >= 4 is 16.8 Å². The highest BCUT2D eigenvalue weighted by atomic mass is 16.3. The van der Waals surface area contributed by atoms with Crippen LogP contribution in [0.15, 0.2) is 43.1 Å². The minimum atomic E-state index is -0.444. The van der Waals surface area contributed by atoms with Crippen LogP contribution in [-0.2, 0) is 7.05 Å². The number of nitrogens with zero attached hydrogens (tertiary/aromatic N) is 5. The van der Waals surface area contributed by atoms with Gasteiger partial charge >= 0.3 is 0 Å². The van der Waals surface area contributed by atoms with Crippen molar-refractivity contribution in [1.29, 1.82) is 0 Å². The number of rotatable bonds is 2. The highest BCUT2D eigenvalue weighted by Crippen LogP contribution is 2.41. The van der Waals surface area contributed by atoms with Crippen LogP contribution < -0.4 is 0 Å². The van der Waals surface area contributed by atoms with Crippen LogP contribution in [0.2, 0.25) is 0 Å². The third-order valence-electron chi connectivity index (χ3n) is 6.30. The van der Waals surface area contributed by atoms with Gasteiger partial charge in [0.2, 0.25) is 0 Å². The Morgan fingerprint density at radius 3 is 2.74 bits per heavy atom. The summed E-state index contributed by atoms with van der Waals surface area (Å²) in [5.74, 6) is 0.827. The summed E-state index contributed by atoms with van der Waals surface area (Å²) in [7, 11) is 1.97. The van der Waals surface area contributed by atoms with E-state index < -0.39 is 6.10 Å². The Labute approximate surface area is 157 Å². The van der Waals surface area contributed by atoms with Crippen LogP contribution in [0.3, 0.4) is 0 Å². The number of fused-ring (bicyclic) bond motifs is 2. The first-order chi connectivity index (χ1) is 13.1. The molecule has 3 heterocycles. The van der Waals surface area contributed by atoms with Crippen LogP contribution in [-0.4, -0.2) is 54.4 Å². The van der Waals surface area contributed by atoms with Crippen molar-refractivity contribution in [1.82, 2.24) is 24.2 Å². The minimum Gasteiger partial charge on any atom is -0.391 e. The van der Waals surface area contributed by atoms with Crippen LogP contribution in [0.1, 0.15) is 29.2 Å². The van der Waals surface area contributed by atoms with Crippen LogP contribution in [0.5, 0.6) is 0 Å². The maximum Gasteiger partial charge on any atom is 0.256 e. The van der Waals surface area contributed by atoms with E-state index in [1.165, 1.54) is 6.33 Å². The molecule has 2 aromatic heterocycles. The summed E-state index contributed by atoms with van der Waals surface area (Å²) < 4.78 is 3.77. The van der Waals surface area contributed by atoms with Gasteiger partial charge in [0.25, 0.3) is 5.91 Å². The Morgan fingerprint density at radius 1 is 1.19 bits per heavy atom. The van der Waals surface area contributed by atoms with Crippen LogP contribution >= 0.6 is 0 Å². The van der Waals surface area contributed by atoms with Crippen LogP contribution in [0.25, 0.3) is 10.9 Å². The molecule has 3 aromatic rings. The molecule has 7 nitrogen and oxygen atoms in total. The number of aliphatic hydroxyl groups excluding tert-OH is 1. The summed E-state index contributed by atoms with van der Waals surface area (Å²) in [6, 6.07) is 7.96. The van der Waals surface area contributed by atoms with Gasteiger partial charge in [-0.1, -0.05) is 18.2 Å². The molecule has 4 atom stereocenters. The molecule has 0 bridgehead atoms. The number of aliphatic hydroxyl groups is 1. The SMILES string of the molecule is Cn1cc(C(=O)N2C[C@H]3C[C@@H](n4cncn4)[C@H](O)C[C@H]3C2)c2ccccc21. The monoisotopic (exact) mass is 365 g/mol. The Kier molecular flexibility index (Phi) is 3.79. The van der Waals surface area contributed by atoms with Crippen molar-refractivity contribution in [3.05, 3.63) is 48.7 Å². The van der Waals surface area contributed by atoms with Gasteiger partial charge in [-0.25, -0.2) is 9.67 Å². The molecule has 1 saturated heterocycles. The smallest absolute Gasteiger partial charge is 0.256 e. The third kappa shape index (κ3) is 2.65. The largest absolute Gasteiger partial charge is 0.391 e. The average molecular weight is 365 g/mol. The number of hydrogen-bond donors (Lipinski definition) is 1. The molecule has 0 unspecified atom stereocenters. The first-order valence-corrected chi connectivity index (χ1v) is 9.47. The number of likely N-dealkylation sites (tertiary alicyclic amines) is 1. The van der Waals surface area contributed by atoms with E-state index in [0.717, 1.165) is 29.4 Å². The van der Waals surface area contributed by atoms with Crippen molar-refractivity contribution in [2.24, 2.45) is 18.9 Å². The van der Waals surface area contributed by atoms with Gasteiger partial charge in [-0.15, -0.1) is 0 Å². The first kappa shape index (κ1) is 16.5. The minimum absolute atomic E-state index is 0.0543. The van der Waals surface area contributed by atoms with Crippen molar-refractivity contribution in [2.45, 2.75) is 25.0 Å². The maximum atomic E-state index is 13.2. The van der Waals surface area contributed by atoms with Crippen molar-refractivity contribution < 1.29 is 9.90 Å². The highest BCUT2D eigenvalue weighted by molar-refractivity contribution is 6.07. The Bertz CT molecular complexity index is 980. The number of carbonyl (C=O) groups is 1. The number of hydrogen-bond acceptors (Lipinski definition) is 4. The van der Waals surface area contributed by atoms with E-state index in [0.29, 0.717) is 24.8 Å². The van der Waals surface area contributed by atoms with E-state index in [1.807, 2.05) is 47.0 Å². The predicted molar refractivity (Wildman–Crippen MR) is 100 cm³/mol. The van der Waals surface area contributed by atoms with Crippen LogP contribution in [0.4, 0.5) is 0 Å². The second-order valence-electron chi connectivity index (χ2n) is 7.88. The summed E-state index contributed by atoms with van der Waals surface area (Å²) in [5, 5.41) is 15.8. The number of benzene rings is 1. The third-order valence-corrected chi connectivity index (χ3v) is 6.30. The molecule has 2 aliphatic rings. The van der Waals surface area contributed by atoms with E-state index in [-0.39, 0.29) is 11.9 Å². The van der Waals surface area contributed by atoms with Gasteiger partial charge in [0.15, 0.2) is 0 Å². The molecule has 1 aromatic carbocycles. The number of amides is 1. The van der Waals surface area contributed by atoms with Crippen molar-refractivity contribution in [2.75, 3.05) is 13.1 Å². The van der Waals surface area contributed by atoms with E-state index in [4.69, 9.17) is 0 Å². The lowest BCUT2D eigenvalue weighted by Crippen LogP contribution is -2.36. The van der Waals surface area contributed by atoms with E-state index >= 15 is 0 Å². The zero-order valence-electron chi connectivity index (χ0n) is 15.3. The molecule has 1 saturated carbocycles. The van der Waals surface area contributed by atoms with Gasteiger partial charge in [0.1, 0.15) is 12.7 Å². The lowest BCUT2D eigenvalue weighted by Gasteiger charge is -2.34. The zero-order valence-corrected chi connectivity index (χ0v) is 15.3. The molecule has 1 amide bonds. The fourth-order valence-corrected chi connectivity index (χ4v) is 4.93. The Balaban J connectivity index is 1.38. The summed E-state index contributed by atoms with van der Waals surface area (Å²) >= 11 is 0. The van der Waals surface area contributed by atoms with Crippen molar-refractivity contribution in [3.63, 3.8) is 0 Å². The molecule has 5 rings (SSSR count). The summed E-state index contributed by atoms with van der Waals surface area (Å²) in [4.78, 5) is 19.2. The normalized spacial score (nSPS) is 27.9. The molecule has 27 heavy (non-hydrogen) atoms. The van der Waals surface area contributed by atoms with Gasteiger partial charge in [-0.05, 0) is 30.7 Å². The zero-order chi connectivity index (χ0) is 18.5. The molecular weight excluding hydrogens is 342 g/mol.